The van der Waals surface area contributed by atoms with Crippen molar-refractivity contribution in [2.24, 2.45) is 4.99 Å². The van der Waals surface area contributed by atoms with Crippen LogP contribution < -0.4 is 15.4 Å². The molecule has 1 heterocycles. The Morgan fingerprint density at radius 3 is 2.59 bits per heavy atom. The zero-order chi connectivity index (χ0) is 19.5. The molecule has 0 atom stereocenters. The summed E-state index contributed by atoms with van der Waals surface area (Å²) in [7, 11) is 0. The smallest absolute Gasteiger partial charge is 0.191 e. The number of aliphatic imine (C=N–C) groups is 1. The maximum absolute atomic E-state index is 12.9. The van der Waals surface area contributed by atoms with E-state index in [4.69, 9.17) is 14.5 Å². The monoisotopic (exact) mass is 380 g/mol. The van der Waals surface area contributed by atoms with Crippen molar-refractivity contribution in [2.75, 3.05) is 52.5 Å². The van der Waals surface area contributed by atoms with E-state index in [0.29, 0.717) is 18.9 Å². The molecule has 0 radical (unpaired) electrons. The highest BCUT2D eigenvalue weighted by molar-refractivity contribution is 5.79. The topological polar surface area (TPSA) is 58.1 Å². The zero-order valence-electron chi connectivity index (χ0n) is 16.8. The van der Waals surface area contributed by atoms with Crippen LogP contribution in [0.15, 0.2) is 29.3 Å². The van der Waals surface area contributed by atoms with Crippen LogP contribution in [0.4, 0.5) is 4.39 Å². The van der Waals surface area contributed by atoms with E-state index in [1.807, 2.05) is 0 Å². The van der Waals surface area contributed by atoms with Crippen LogP contribution in [0.25, 0.3) is 0 Å². The lowest BCUT2D eigenvalue weighted by Crippen LogP contribution is -2.52. The van der Waals surface area contributed by atoms with Gasteiger partial charge in [-0.25, -0.2) is 4.39 Å². The molecule has 6 nitrogen and oxygen atoms in total. The maximum atomic E-state index is 12.9. The molecule has 0 amide bonds. The average Bonchev–Trinajstić information content (AvgIpc) is 2.68. The van der Waals surface area contributed by atoms with Crippen LogP contribution in [0.5, 0.6) is 5.75 Å². The Labute approximate surface area is 162 Å². The molecule has 152 valence electrons. The summed E-state index contributed by atoms with van der Waals surface area (Å²) in [5.74, 6) is 1.25. The fourth-order valence-electron chi connectivity index (χ4n) is 2.88. The number of hydrogen-bond acceptors (Lipinski definition) is 4. The Morgan fingerprint density at radius 2 is 1.93 bits per heavy atom. The van der Waals surface area contributed by atoms with Crippen molar-refractivity contribution in [1.82, 2.24) is 15.5 Å². The molecule has 0 aliphatic carbocycles. The Hall–Kier alpha value is -1.86. The summed E-state index contributed by atoms with van der Waals surface area (Å²) in [6.07, 6.45) is 0.828. The van der Waals surface area contributed by atoms with Gasteiger partial charge < -0.3 is 20.1 Å². The molecule has 0 aromatic heterocycles. The number of ether oxygens (including phenoxy) is 2. The highest BCUT2D eigenvalue weighted by Crippen LogP contribution is 2.16. The molecule has 1 aromatic rings. The third kappa shape index (κ3) is 7.72. The second kappa shape index (κ2) is 11.1. The highest BCUT2D eigenvalue weighted by atomic mass is 19.1. The van der Waals surface area contributed by atoms with Gasteiger partial charge in [-0.3, -0.25) is 9.89 Å². The lowest BCUT2D eigenvalue weighted by molar-refractivity contribution is -0.00683. The number of guanidine groups is 1. The minimum Gasteiger partial charge on any atom is -0.494 e. The molecule has 0 spiro atoms. The quantitative estimate of drug-likeness (QED) is 0.391. The Balaban J connectivity index is 1.73. The van der Waals surface area contributed by atoms with Gasteiger partial charge in [0.1, 0.15) is 11.6 Å². The Kier molecular flexibility index (Phi) is 8.81. The first kappa shape index (κ1) is 21.4. The van der Waals surface area contributed by atoms with Gasteiger partial charge in [-0.2, -0.15) is 0 Å². The van der Waals surface area contributed by atoms with Gasteiger partial charge in [0.25, 0.3) is 0 Å². The van der Waals surface area contributed by atoms with Gasteiger partial charge in [0.2, 0.25) is 0 Å². The van der Waals surface area contributed by atoms with Crippen molar-refractivity contribution in [3.63, 3.8) is 0 Å². The predicted octanol–water partition coefficient (Wildman–Crippen LogP) is 2.26. The maximum Gasteiger partial charge on any atom is 0.191 e. The molecule has 2 rings (SSSR count). The first-order valence-corrected chi connectivity index (χ1v) is 9.74. The van der Waals surface area contributed by atoms with Gasteiger partial charge >= 0.3 is 0 Å². The summed E-state index contributed by atoms with van der Waals surface area (Å²) in [6, 6.07) is 6.09. The normalized spacial score (nSPS) is 16.2. The van der Waals surface area contributed by atoms with Crippen LogP contribution in [0.3, 0.4) is 0 Å². The van der Waals surface area contributed by atoms with E-state index in [2.05, 4.69) is 36.3 Å². The third-order valence-corrected chi connectivity index (χ3v) is 4.53. The summed E-state index contributed by atoms with van der Waals surface area (Å²) in [5.41, 5.74) is -0.00216. The Bertz CT molecular complexity index is 572. The highest BCUT2D eigenvalue weighted by Gasteiger charge is 2.28. The number of hydrogen-bond donors (Lipinski definition) is 2. The van der Waals surface area contributed by atoms with Gasteiger partial charge in [-0.15, -0.1) is 0 Å². The summed E-state index contributed by atoms with van der Waals surface area (Å²) in [5, 5.41) is 6.63. The number of benzene rings is 1. The van der Waals surface area contributed by atoms with Crippen LogP contribution in [0.1, 0.15) is 27.2 Å². The van der Waals surface area contributed by atoms with Gasteiger partial charge in [-0.05, 0) is 51.5 Å². The van der Waals surface area contributed by atoms with Crippen LogP contribution in [0, 0.1) is 5.82 Å². The number of halogens is 1. The van der Waals surface area contributed by atoms with E-state index in [0.717, 1.165) is 51.8 Å². The van der Waals surface area contributed by atoms with Crippen molar-refractivity contribution in [1.29, 1.82) is 0 Å². The Morgan fingerprint density at radius 1 is 1.22 bits per heavy atom. The molecule has 27 heavy (non-hydrogen) atoms. The second-order valence-electron chi connectivity index (χ2n) is 7.19. The van der Waals surface area contributed by atoms with Crippen LogP contribution >= 0.6 is 0 Å². The summed E-state index contributed by atoms with van der Waals surface area (Å²) >= 11 is 0. The lowest BCUT2D eigenvalue weighted by Gasteiger charge is -2.39. The van der Waals surface area contributed by atoms with Crippen molar-refractivity contribution in [2.45, 2.75) is 32.7 Å². The van der Waals surface area contributed by atoms with E-state index in [1.165, 1.54) is 12.1 Å². The van der Waals surface area contributed by atoms with E-state index in [9.17, 15) is 4.39 Å². The number of rotatable bonds is 9. The van der Waals surface area contributed by atoms with Crippen LogP contribution in [0.2, 0.25) is 0 Å². The van der Waals surface area contributed by atoms with E-state index in [1.54, 1.807) is 12.1 Å². The zero-order valence-corrected chi connectivity index (χ0v) is 16.8. The van der Waals surface area contributed by atoms with E-state index in [-0.39, 0.29) is 11.4 Å². The van der Waals surface area contributed by atoms with Crippen LogP contribution in [-0.4, -0.2) is 68.9 Å². The minimum atomic E-state index is -0.254. The number of morpholine rings is 1. The predicted molar refractivity (Wildman–Crippen MR) is 107 cm³/mol. The number of nitrogens with one attached hydrogen (secondary N) is 2. The molecule has 0 unspecified atom stereocenters. The molecular weight excluding hydrogens is 347 g/mol. The van der Waals surface area contributed by atoms with Crippen LogP contribution in [-0.2, 0) is 4.74 Å². The molecule has 0 saturated carbocycles. The largest absolute Gasteiger partial charge is 0.494 e. The van der Waals surface area contributed by atoms with Crippen molar-refractivity contribution in [3.8, 4) is 5.75 Å². The summed E-state index contributed by atoms with van der Waals surface area (Å²) < 4.78 is 23.9. The van der Waals surface area contributed by atoms with Gasteiger partial charge in [0.15, 0.2) is 5.96 Å². The second-order valence-corrected chi connectivity index (χ2v) is 7.19. The molecule has 1 aromatic carbocycles. The number of nitrogens with zero attached hydrogens (tertiary/aromatic N) is 2. The molecule has 0 bridgehead atoms. The molecule has 7 heteroatoms. The molecule has 2 N–H and O–H groups in total. The molecule has 1 saturated heterocycles. The minimum absolute atomic E-state index is 0.00216. The first-order valence-electron chi connectivity index (χ1n) is 9.74. The third-order valence-electron chi connectivity index (χ3n) is 4.53. The van der Waals surface area contributed by atoms with E-state index < -0.39 is 0 Å². The molecule has 1 aliphatic heterocycles. The van der Waals surface area contributed by atoms with Gasteiger partial charge in [0, 0.05) is 31.7 Å². The van der Waals surface area contributed by atoms with Crippen molar-refractivity contribution >= 4 is 5.96 Å². The van der Waals surface area contributed by atoms with Gasteiger partial charge in [-0.1, -0.05) is 0 Å². The van der Waals surface area contributed by atoms with Crippen molar-refractivity contribution < 1.29 is 13.9 Å². The molecular formula is C20H33FN4O2. The summed E-state index contributed by atoms with van der Waals surface area (Å²) in [6.45, 7) is 12.8. The summed E-state index contributed by atoms with van der Waals surface area (Å²) in [4.78, 5) is 7.19. The SMILES string of the molecule is CCNC(=NCC(C)(C)N1CCOCC1)NCCCOc1ccc(F)cc1. The average molecular weight is 381 g/mol. The van der Waals surface area contributed by atoms with E-state index >= 15 is 0 Å². The molecule has 1 aliphatic rings. The fraction of sp³-hybridized carbons (Fsp3) is 0.650. The van der Waals surface area contributed by atoms with Gasteiger partial charge in [0.05, 0.1) is 26.4 Å². The molecule has 1 fully saturated rings. The fourth-order valence-corrected chi connectivity index (χ4v) is 2.88. The van der Waals surface area contributed by atoms with Crippen molar-refractivity contribution in [3.05, 3.63) is 30.1 Å². The standard InChI is InChI=1S/C20H33FN4O2/c1-4-22-19(24-16-20(2,3)25-11-14-26-15-12-25)23-10-5-13-27-18-8-6-17(21)7-9-18/h6-9H,4-5,10-16H2,1-3H3,(H2,22,23,24). The first-order chi connectivity index (χ1) is 13.0. The lowest BCUT2D eigenvalue weighted by atomic mass is 10.0.